The van der Waals surface area contributed by atoms with E-state index in [1.54, 1.807) is 30.5 Å². The van der Waals surface area contributed by atoms with Gasteiger partial charge in [0.05, 0.1) is 11.4 Å². The Kier molecular flexibility index (Phi) is 6.78. The summed E-state index contributed by atoms with van der Waals surface area (Å²) >= 11 is 1.80. The zero-order chi connectivity index (χ0) is 21.2. The van der Waals surface area contributed by atoms with E-state index in [9.17, 15) is 13.2 Å². The highest BCUT2D eigenvalue weighted by Gasteiger charge is 2.28. The van der Waals surface area contributed by atoms with Gasteiger partial charge in [0.1, 0.15) is 0 Å². The first-order chi connectivity index (χ1) is 13.7. The molecule has 0 bridgehead atoms. The van der Waals surface area contributed by atoms with Crippen LogP contribution in [0.2, 0.25) is 0 Å². The number of carbonyl (C=O) groups is 1. The monoisotopic (exact) mass is 435 g/mol. The van der Waals surface area contributed by atoms with Gasteiger partial charge in [-0.1, -0.05) is 6.92 Å². The summed E-state index contributed by atoms with van der Waals surface area (Å²) in [7, 11) is -1.96. The summed E-state index contributed by atoms with van der Waals surface area (Å²) in [6.07, 6.45) is 1.94. The molecule has 2 aromatic rings. The van der Waals surface area contributed by atoms with E-state index in [1.807, 2.05) is 13.8 Å². The van der Waals surface area contributed by atoms with Crippen molar-refractivity contribution in [1.29, 1.82) is 0 Å². The molecule has 0 saturated heterocycles. The van der Waals surface area contributed by atoms with E-state index >= 15 is 0 Å². The molecular weight excluding hydrogens is 406 g/mol. The zero-order valence-corrected chi connectivity index (χ0v) is 19.0. The van der Waals surface area contributed by atoms with Crippen LogP contribution in [0.25, 0.3) is 0 Å². The number of fused-ring (bicyclic) bond motifs is 1. The Morgan fingerprint density at radius 1 is 1.28 bits per heavy atom. The molecular formula is C21H29N3O3S2. The summed E-state index contributed by atoms with van der Waals surface area (Å²) in [5, 5.41) is 5.02. The molecule has 1 aliphatic rings. The van der Waals surface area contributed by atoms with Crippen molar-refractivity contribution in [3.63, 3.8) is 0 Å². The average Bonchev–Trinajstić information content (AvgIpc) is 3.16. The second kappa shape index (κ2) is 8.95. The number of rotatable bonds is 7. The van der Waals surface area contributed by atoms with Crippen molar-refractivity contribution in [3.05, 3.63) is 46.2 Å². The summed E-state index contributed by atoms with van der Waals surface area (Å²) in [5.41, 5.74) is 1.95. The van der Waals surface area contributed by atoms with Crippen molar-refractivity contribution in [1.82, 2.24) is 9.21 Å². The maximum Gasteiger partial charge on any atom is 0.243 e. The number of anilines is 1. The van der Waals surface area contributed by atoms with E-state index in [0.29, 0.717) is 12.2 Å². The lowest BCUT2D eigenvalue weighted by Gasteiger charge is -2.34. The number of hydrogen-bond donors (Lipinski definition) is 1. The molecule has 6 nitrogen and oxygen atoms in total. The highest BCUT2D eigenvalue weighted by molar-refractivity contribution is 7.89. The Labute approximate surface area is 177 Å². The van der Waals surface area contributed by atoms with E-state index in [2.05, 4.69) is 28.6 Å². The third-order valence-corrected chi connectivity index (χ3v) is 8.53. The molecule has 0 saturated carbocycles. The maximum absolute atomic E-state index is 12.6. The number of amides is 1. The van der Waals surface area contributed by atoms with Crippen LogP contribution in [0.4, 0.5) is 5.69 Å². The number of sulfonamides is 1. The number of thiophene rings is 1. The molecule has 1 atom stereocenters. The minimum atomic E-state index is -3.53. The van der Waals surface area contributed by atoms with E-state index in [4.69, 9.17) is 0 Å². The summed E-state index contributed by atoms with van der Waals surface area (Å²) in [6.45, 7) is 7.00. The molecule has 0 spiro atoms. The molecule has 29 heavy (non-hydrogen) atoms. The van der Waals surface area contributed by atoms with Crippen LogP contribution >= 0.6 is 11.3 Å². The largest absolute Gasteiger partial charge is 0.325 e. The molecule has 1 N–H and O–H groups in total. The molecule has 1 amide bonds. The number of hydrogen-bond acceptors (Lipinski definition) is 5. The van der Waals surface area contributed by atoms with Gasteiger partial charge in [0.25, 0.3) is 0 Å². The molecule has 1 aromatic carbocycles. The Hall–Kier alpha value is -1.74. The SMILES string of the molecule is CCC1c2ccsc2CCN1CC(=O)Nc1ccc(S(=O)(=O)N(C)C(C)C)cc1. The fourth-order valence-corrected chi connectivity index (χ4v) is 5.95. The van der Waals surface area contributed by atoms with E-state index < -0.39 is 10.0 Å². The van der Waals surface area contributed by atoms with Gasteiger partial charge < -0.3 is 5.32 Å². The molecule has 0 aliphatic carbocycles. The first-order valence-corrected chi connectivity index (χ1v) is 12.2. The van der Waals surface area contributed by atoms with Crippen molar-refractivity contribution in [2.45, 2.75) is 50.6 Å². The predicted octanol–water partition coefficient (Wildman–Crippen LogP) is 3.72. The summed E-state index contributed by atoms with van der Waals surface area (Å²) in [6, 6.07) is 8.68. The van der Waals surface area contributed by atoms with Crippen molar-refractivity contribution >= 4 is 33.0 Å². The lowest BCUT2D eigenvalue weighted by molar-refractivity contribution is -0.118. The van der Waals surface area contributed by atoms with Gasteiger partial charge in [-0.3, -0.25) is 9.69 Å². The smallest absolute Gasteiger partial charge is 0.243 e. The molecule has 0 fully saturated rings. The Balaban J connectivity index is 1.64. The van der Waals surface area contributed by atoms with Gasteiger partial charge in [-0.2, -0.15) is 4.31 Å². The van der Waals surface area contributed by atoms with E-state index in [0.717, 1.165) is 19.4 Å². The number of nitrogens with one attached hydrogen (secondary N) is 1. The predicted molar refractivity (Wildman–Crippen MR) is 118 cm³/mol. The molecule has 158 valence electrons. The Morgan fingerprint density at radius 2 is 1.97 bits per heavy atom. The highest BCUT2D eigenvalue weighted by Crippen LogP contribution is 2.34. The van der Waals surface area contributed by atoms with Gasteiger partial charge in [-0.25, -0.2) is 8.42 Å². The molecule has 0 radical (unpaired) electrons. The molecule has 1 aliphatic heterocycles. The third-order valence-electron chi connectivity index (χ3n) is 5.48. The van der Waals surface area contributed by atoms with E-state index in [1.165, 1.54) is 26.9 Å². The van der Waals surface area contributed by atoms with Gasteiger partial charge in [-0.15, -0.1) is 11.3 Å². The summed E-state index contributed by atoms with van der Waals surface area (Å²) < 4.78 is 26.4. The molecule has 1 unspecified atom stereocenters. The highest BCUT2D eigenvalue weighted by atomic mass is 32.2. The third kappa shape index (κ3) is 4.71. The first-order valence-electron chi connectivity index (χ1n) is 9.92. The minimum Gasteiger partial charge on any atom is -0.325 e. The van der Waals surface area contributed by atoms with Crippen molar-refractivity contribution < 1.29 is 13.2 Å². The van der Waals surface area contributed by atoms with E-state index in [-0.39, 0.29) is 22.9 Å². The lowest BCUT2D eigenvalue weighted by Crippen LogP contribution is -2.40. The fraction of sp³-hybridized carbons (Fsp3) is 0.476. The van der Waals surface area contributed by atoms with Crippen LogP contribution in [-0.4, -0.2) is 49.7 Å². The maximum atomic E-state index is 12.6. The second-order valence-electron chi connectivity index (χ2n) is 7.63. The van der Waals surface area contributed by atoms with Crippen LogP contribution in [0.5, 0.6) is 0 Å². The van der Waals surface area contributed by atoms with Crippen LogP contribution in [0.1, 0.15) is 43.7 Å². The molecule has 8 heteroatoms. The molecule has 3 rings (SSSR count). The van der Waals surface area contributed by atoms with Crippen LogP contribution in [-0.2, 0) is 21.2 Å². The summed E-state index contributed by atoms with van der Waals surface area (Å²) in [5.74, 6) is -0.0861. The molecule has 1 aromatic heterocycles. The number of nitrogens with zero attached hydrogens (tertiary/aromatic N) is 2. The second-order valence-corrected chi connectivity index (χ2v) is 10.6. The Morgan fingerprint density at radius 3 is 2.59 bits per heavy atom. The number of carbonyl (C=O) groups excluding carboxylic acids is 1. The fourth-order valence-electron chi connectivity index (χ4n) is 3.65. The van der Waals surface area contributed by atoms with Crippen LogP contribution in [0, 0.1) is 0 Å². The van der Waals surface area contributed by atoms with Crippen LogP contribution in [0.3, 0.4) is 0 Å². The van der Waals surface area contributed by atoms with Crippen molar-refractivity contribution in [3.8, 4) is 0 Å². The Bertz CT molecular complexity index is 952. The van der Waals surface area contributed by atoms with Gasteiger partial charge >= 0.3 is 0 Å². The topological polar surface area (TPSA) is 69.7 Å². The lowest BCUT2D eigenvalue weighted by atomic mass is 9.98. The van der Waals surface area contributed by atoms with Crippen molar-refractivity contribution in [2.24, 2.45) is 0 Å². The minimum absolute atomic E-state index is 0.0861. The summed E-state index contributed by atoms with van der Waals surface area (Å²) in [4.78, 5) is 16.5. The quantitative estimate of drug-likeness (QED) is 0.720. The normalized spacial score (nSPS) is 17.5. The van der Waals surface area contributed by atoms with Gasteiger partial charge in [-0.05, 0) is 68.0 Å². The van der Waals surface area contributed by atoms with Crippen LogP contribution in [0.15, 0.2) is 40.6 Å². The average molecular weight is 436 g/mol. The van der Waals surface area contributed by atoms with Gasteiger partial charge in [0, 0.05) is 36.2 Å². The standard InChI is InChI=1S/C21H29N3O3S2/c1-5-19-18-11-13-28-20(18)10-12-24(19)14-21(25)22-16-6-8-17(9-7-16)29(26,27)23(4)15(2)3/h6-9,11,13,15,19H,5,10,12,14H2,1-4H3,(H,22,25). The van der Waals surface area contributed by atoms with Crippen LogP contribution < -0.4 is 5.32 Å². The van der Waals surface area contributed by atoms with Gasteiger partial charge in [0.2, 0.25) is 15.9 Å². The van der Waals surface area contributed by atoms with Gasteiger partial charge in [0.15, 0.2) is 0 Å². The molecule has 2 heterocycles. The number of benzene rings is 1. The first kappa shape index (κ1) is 22.0. The van der Waals surface area contributed by atoms with Crippen molar-refractivity contribution in [2.75, 3.05) is 25.5 Å². The zero-order valence-electron chi connectivity index (χ0n) is 17.4.